The van der Waals surface area contributed by atoms with Gasteiger partial charge in [-0.1, -0.05) is 30.3 Å². The molecule has 4 heteroatoms. The summed E-state index contributed by atoms with van der Waals surface area (Å²) in [6, 6.07) is 14.5. The molecule has 2 aromatic rings. The van der Waals surface area contributed by atoms with Gasteiger partial charge in [-0.2, -0.15) is 0 Å². The van der Waals surface area contributed by atoms with Crippen LogP contribution in [0.15, 0.2) is 42.5 Å². The molecule has 0 aliphatic carbocycles. The van der Waals surface area contributed by atoms with Gasteiger partial charge in [0.25, 0.3) is 5.91 Å². The number of aryl methyl sites for hydroxylation is 1. The molecular weight excluding hydrogens is 292 g/mol. The van der Waals surface area contributed by atoms with Gasteiger partial charge < -0.3 is 4.90 Å². The smallest absolute Gasteiger partial charge is 0.263 e. The number of benzene rings is 1. The molecule has 0 bridgehead atoms. The summed E-state index contributed by atoms with van der Waals surface area (Å²) in [7, 11) is 0. The van der Waals surface area contributed by atoms with E-state index in [0.717, 1.165) is 44.0 Å². The van der Waals surface area contributed by atoms with E-state index in [1.54, 1.807) is 11.3 Å². The van der Waals surface area contributed by atoms with Gasteiger partial charge in [-0.05, 0) is 31.0 Å². The maximum atomic E-state index is 12.5. The number of thiophene rings is 1. The van der Waals surface area contributed by atoms with Crippen LogP contribution in [0, 0.1) is 6.92 Å². The van der Waals surface area contributed by atoms with Crippen molar-refractivity contribution >= 4 is 17.2 Å². The first kappa shape index (κ1) is 15.3. The van der Waals surface area contributed by atoms with E-state index in [4.69, 9.17) is 0 Å². The molecule has 3 nitrogen and oxygen atoms in total. The first-order valence-corrected chi connectivity index (χ1v) is 8.66. The van der Waals surface area contributed by atoms with E-state index < -0.39 is 0 Å². The van der Waals surface area contributed by atoms with E-state index in [9.17, 15) is 4.79 Å². The van der Waals surface area contributed by atoms with Crippen molar-refractivity contribution in [2.45, 2.75) is 19.9 Å². The first-order chi connectivity index (χ1) is 10.7. The Kier molecular flexibility index (Phi) is 4.90. The fraction of sp³-hybridized carbons (Fsp3) is 0.389. The summed E-state index contributed by atoms with van der Waals surface area (Å²) in [5.41, 5.74) is 1.34. The lowest BCUT2D eigenvalue weighted by Gasteiger charge is -2.21. The molecule has 1 aliphatic rings. The third-order valence-corrected chi connectivity index (χ3v) is 5.06. The molecule has 0 N–H and O–H groups in total. The molecule has 2 heterocycles. The lowest BCUT2D eigenvalue weighted by molar-refractivity contribution is 0.0766. The molecule has 1 aliphatic heterocycles. The van der Waals surface area contributed by atoms with E-state index >= 15 is 0 Å². The molecule has 1 saturated heterocycles. The van der Waals surface area contributed by atoms with Crippen LogP contribution in [0.3, 0.4) is 0 Å². The molecule has 116 valence electrons. The minimum Gasteiger partial charge on any atom is -0.337 e. The van der Waals surface area contributed by atoms with Crippen LogP contribution in [0.5, 0.6) is 0 Å². The van der Waals surface area contributed by atoms with Gasteiger partial charge in [-0.25, -0.2) is 0 Å². The molecule has 1 aromatic heterocycles. The highest BCUT2D eigenvalue weighted by molar-refractivity contribution is 7.13. The van der Waals surface area contributed by atoms with E-state index in [0.29, 0.717) is 0 Å². The van der Waals surface area contributed by atoms with Crippen LogP contribution in [-0.4, -0.2) is 41.9 Å². The largest absolute Gasteiger partial charge is 0.337 e. The van der Waals surface area contributed by atoms with Crippen molar-refractivity contribution in [3.8, 4) is 0 Å². The van der Waals surface area contributed by atoms with Gasteiger partial charge in [-0.3, -0.25) is 9.69 Å². The molecule has 1 amide bonds. The van der Waals surface area contributed by atoms with E-state index in [1.165, 1.54) is 10.4 Å². The number of carbonyl (C=O) groups is 1. The molecule has 1 aromatic carbocycles. The number of rotatable bonds is 3. The van der Waals surface area contributed by atoms with Gasteiger partial charge in [0, 0.05) is 37.6 Å². The van der Waals surface area contributed by atoms with Gasteiger partial charge in [0.2, 0.25) is 0 Å². The first-order valence-electron chi connectivity index (χ1n) is 7.84. The summed E-state index contributed by atoms with van der Waals surface area (Å²) in [5, 5.41) is 0. The van der Waals surface area contributed by atoms with Crippen LogP contribution in [0.25, 0.3) is 0 Å². The fourth-order valence-electron chi connectivity index (χ4n) is 2.88. The van der Waals surface area contributed by atoms with E-state index in [1.807, 2.05) is 24.0 Å². The quantitative estimate of drug-likeness (QED) is 0.867. The third-order valence-electron chi connectivity index (χ3n) is 4.08. The second kappa shape index (κ2) is 7.07. The lowest BCUT2D eigenvalue weighted by Crippen LogP contribution is -2.34. The molecule has 0 radical (unpaired) electrons. The predicted octanol–water partition coefficient (Wildman–Crippen LogP) is 3.40. The SMILES string of the molecule is Cc1ccc(C(=O)N2CCCN(Cc3ccccc3)CC2)s1. The zero-order valence-electron chi connectivity index (χ0n) is 13.0. The minimum atomic E-state index is 0.194. The standard InChI is InChI=1S/C18H22N2OS/c1-15-8-9-17(22-15)18(21)20-11-5-10-19(12-13-20)14-16-6-3-2-4-7-16/h2-4,6-9H,5,10-14H2,1H3. The molecule has 1 fully saturated rings. The summed E-state index contributed by atoms with van der Waals surface area (Å²) in [4.78, 5) is 19.1. The van der Waals surface area contributed by atoms with E-state index in [-0.39, 0.29) is 5.91 Å². The molecule has 3 rings (SSSR count). The van der Waals surface area contributed by atoms with Gasteiger partial charge >= 0.3 is 0 Å². The van der Waals surface area contributed by atoms with Gasteiger partial charge in [0.05, 0.1) is 4.88 Å². The fourth-order valence-corrected chi connectivity index (χ4v) is 3.71. The average Bonchev–Trinajstić information content (AvgIpc) is 2.83. The van der Waals surface area contributed by atoms with Crippen LogP contribution >= 0.6 is 11.3 Å². The number of hydrogen-bond acceptors (Lipinski definition) is 3. The van der Waals surface area contributed by atoms with E-state index in [2.05, 4.69) is 35.2 Å². The highest BCUT2D eigenvalue weighted by Gasteiger charge is 2.21. The van der Waals surface area contributed by atoms with Crippen LogP contribution in [0.1, 0.15) is 26.5 Å². The minimum absolute atomic E-state index is 0.194. The second-order valence-corrected chi connectivity index (χ2v) is 7.11. The van der Waals surface area contributed by atoms with Crippen molar-refractivity contribution < 1.29 is 4.79 Å². The Morgan fingerprint density at radius 2 is 1.86 bits per heavy atom. The number of hydrogen-bond donors (Lipinski definition) is 0. The number of nitrogens with zero attached hydrogens (tertiary/aromatic N) is 2. The normalized spacial score (nSPS) is 16.5. The van der Waals surface area contributed by atoms with Crippen LogP contribution in [0.2, 0.25) is 0 Å². The van der Waals surface area contributed by atoms with Gasteiger partial charge in [-0.15, -0.1) is 11.3 Å². The second-order valence-electron chi connectivity index (χ2n) is 5.82. The van der Waals surface area contributed by atoms with Crippen LogP contribution in [-0.2, 0) is 6.54 Å². The Balaban J connectivity index is 1.59. The summed E-state index contributed by atoms with van der Waals surface area (Å²) in [6.45, 7) is 6.71. The molecular formula is C18H22N2OS. The maximum Gasteiger partial charge on any atom is 0.263 e. The summed E-state index contributed by atoms with van der Waals surface area (Å²) >= 11 is 1.59. The van der Waals surface area contributed by atoms with Crippen molar-refractivity contribution in [3.63, 3.8) is 0 Å². The lowest BCUT2D eigenvalue weighted by atomic mass is 10.2. The number of carbonyl (C=O) groups excluding carboxylic acids is 1. The van der Waals surface area contributed by atoms with Crippen molar-refractivity contribution in [3.05, 3.63) is 57.8 Å². The molecule has 22 heavy (non-hydrogen) atoms. The molecule has 0 atom stereocenters. The Morgan fingerprint density at radius 1 is 1.05 bits per heavy atom. The van der Waals surface area contributed by atoms with Crippen LogP contribution < -0.4 is 0 Å². The highest BCUT2D eigenvalue weighted by atomic mass is 32.1. The molecule has 0 saturated carbocycles. The Hall–Kier alpha value is -1.65. The Bertz CT molecular complexity index is 623. The topological polar surface area (TPSA) is 23.6 Å². The Labute approximate surface area is 136 Å². The molecule has 0 spiro atoms. The zero-order valence-corrected chi connectivity index (χ0v) is 13.8. The van der Waals surface area contributed by atoms with Crippen molar-refractivity contribution in [2.75, 3.05) is 26.2 Å². The maximum absolute atomic E-state index is 12.5. The number of amides is 1. The molecule has 0 unspecified atom stereocenters. The van der Waals surface area contributed by atoms with Crippen molar-refractivity contribution in [1.82, 2.24) is 9.80 Å². The van der Waals surface area contributed by atoms with Crippen molar-refractivity contribution in [1.29, 1.82) is 0 Å². The highest BCUT2D eigenvalue weighted by Crippen LogP contribution is 2.18. The summed E-state index contributed by atoms with van der Waals surface area (Å²) < 4.78 is 0. The van der Waals surface area contributed by atoms with Gasteiger partial charge in [0.1, 0.15) is 0 Å². The summed E-state index contributed by atoms with van der Waals surface area (Å²) in [6.07, 6.45) is 1.04. The van der Waals surface area contributed by atoms with Crippen LogP contribution in [0.4, 0.5) is 0 Å². The summed E-state index contributed by atoms with van der Waals surface area (Å²) in [5.74, 6) is 0.194. The van der Waals surface area contributed by atoms with Gasteiger partial charge in [0.15, 0.2) is 0 Å². The predicted molar refractivity (Wildman–Crippen MR) is 91.3 cm³/mol. The van der Waals surface area contributed by atoms with Crippen molar-refractivity contribution in [2.24, 2.45) is 0 Å². The third kappa shape index (κ3) is 3.76. The average molecular weight is 314 g/mol. The monoisotopic (exact) mass is 314 g/mol. The Morgan fingerprint density at radius 3 is 2.59 bits per heavy atom. The zero-order chi connectivity index (χ0) is 15.4.